The Morgan fingerprint density at radius 1 is 0.949 bits per heavy atom. The summed E-state index contributed by atoms with van der Waals surface area (Å²) in [6.07, 6.45) is -0.465. The largest absolute Gasteiger partial charge is 0.450 e. The van der Waals surface area contributed by atoms with E-state index in [1.165, 1.54) is 33.5 Å². The molecular weight excluding hydrogens is 610 g/mol. The third-order valence-electron chi connectivity index (χ3n) is 6.11. The van der Waals surface area contributed by atoms with E-state index in [9.17, 15) is 22.8 Å². The van der Waals surface area contributed by atoms with Crippen LogP contribution in [0.3, 0.4) is 0 Å². The highest BCUT2D eigenvalue weighted by atomic mass is 79.9. The van der Waals surface area contributed by atoms with Gasteiger partial charge < -0.3 is 15.0 Å². The van der Waals surface area contributed by atoms with E-state index in [1.807, 2.05) is 0 Å². The first-order valence-electron chi connectivity index (χ1n) is 12.0. The number of ketones is 1. The summed E-state index contributed by atoms with van der Waals surface area (Å²) in [4.78, 5) is 39.6. The maximum Gasteiger partial charge on any atom is 0.409 e. The van der Waals surface area contributed by atoms with Gasteiger partial charge in [-0.3, -0.25) is 9.59 Å². The summed E-state index contributed by atoms with van der Waals surface area (Å²) >= 11 is 9.57. The summed E-state index contributed by atoms with van der Waals surface area (Å²) < 4.78 is 33.1. The molecule has 0 aromatic heterocycles. The highest BCUT2D eigenvalue weighted by molar-refractivity contribution is 9.10. The van der Waals surface area contributed by atoms with E-state index >= 15 is 0 Å². The van der Waals surface area contributed by atoms with E-state index in [4.69, 9.17) is 16.3 Å². The van der Waals surface area contributed by atoms with Gasteiger partial charge in [-0.2, -0.15) is 4.31 Å². The average Bonchev–Trinajstić information content (AvgIpc) is 2.94. The van der Waals surface area contributed by atoms with E-state index in [0.717, 1.165) is 0 Å². The van der Waals surface area contributed by atoms with Crippen LogP contribution in [0.4, 0.5) is 10.5 Å². The molecule has 9 nitrogen and oxygen atoms in total. The molecule has 3 aromatic rings. The molecule has 0 atom stereocenters. The predicted molar refractivity (Wildman–Crippen MR) is 151 cm³/mol. The van der Waals surface area contributed by atoms with Crippen molar-refractivity contribution in [3.63, 3.8) is 0 Å². The number of benzene rings is 3. The van der Waals surface area contributed by atoms with Crippen LogP contribution in [-0.2, 0) is 14.8 Å². The van der Waals surface area contributed by atoms with E-state index in [-0.39, 0.29) is 60.3 Å². The standard InChI is InChI=1S/C27H25BrClN3O6S/c1-2-38-27(35)31-13-15-32(16-14-31)39(36,37)20-10-7-18(8-11-20)26(34)30-24-12-9-19(28)17-22(24)25(33)21-5-3-4-6-23(21)29/h3-12,17H,2,13-16H2,1H3,(H,30,34). The van der Waals surface area contributed by atoms with Gasteiger partial charge in [-0.1, -0.05) is 39.7 Å². The third-order valence-corrected chi connectivity index (χ3v) is 8.85. The van der Waals surface area contributed by atoms with Gasteiger partial charge in [0.2, 0.25) is 10.0 Å². The Labute approximate surface area is 239 Å². The highest BCUT2D eigenvalue weighted by Crippen LogP contribution is 2.27. The van der Waals surface area contributed by atoms with Crippen LogP contribution in [0, 0.1) is 0 Å². The van der Waals surface area contributed by atoms with Crippen molar-refractivity contribution in [1.29, 1.82) is 0 Å². The van der Waals surface area contributed by atoms with Crippen LogP contribution in [0.2, 0.25) is 5.02 Å². The average molecular weight is 635 g/mol. The van der Waals surface area contributed by atoms with Gasteiger partial charge in [0.25, 0.3) is 5.91 Å². The van der Waals surface area contributed by atoms with Crippen LogP contribution in [0.25, 0.3) is 0 Å². The van der Waals surface area contributed by atoms with Crippen LogP contribution in [0.5, 0.6) is 0 Å². The second-order valence-corrected chi connectivity index (χ2v) is 11.8. The molecule has 0 spiro atoms. The van der Waals surface area contributed by atoms with Crippen LogP contribution >= 0.6 is 27.5 Å². The fourth-order valence-electron chi connectivity index (χ4n) is 4.05. The number of hydrogen-bond acceptors (Lipinski definition) is 6. The monoisotopic (exact) mass is 633 g/mol. The minimum atomic E-state index is -3.82. The molecule has 0 unspecified atom stereocenters. The van der Waals surface area contributed by atoms with Crippen molar-refractivity contribution in [2.24, 2.45) is 0 Å². The molecule has 0 saturated carbocycles. The van der Waals surface area contributed by atoms with Crippen LogP contribution in [0.1, 0.15) is 33.2 Å². The lowest BCUT2D eigenvalue weighted by molar-refractivity contribution is 0.0933. The fraction of sp³-hybridized carbons (Fsp3) is 0.222. The number of carbonyl (C=O) groups is 3. The van der Waals surface area contributed by atoms with E-state index in [0.29, 0.717) is 15.1 Å². The molecule has 1 N–H and O–H groups in total. The second-order valence-electron chi connectivity index (χ2n) is 8.57. The first-order chi connectivity index (χ1) is 18.6. The normalized spacial score (nSPS) is 14.1. The van der Waals surface area contributed by atoms with Crippen molar-refractivity contribution in [3.8, 4) is 0 Å². The van der Waals surface area contributed by atoms with Gasteiger partial charge in [-0.25, -0.2) is 13.2 Å². The molecule has 4 rings (SSSR count). The van der Waals surface area contributed by atoms with Gasteiger partial charge >= 0.3 is 6.09 Å². The minimum Gasteiger partial charge on any atom is -0.450 e. The number of hydrogen-bond donors (Lipinski definition) is 1. The van der Waals surface area contributed by atoms with Crippen molar-refractivity contribution in [3.05, 3.63) is 92.9 Å². The summed E-state index contributed by atoms with van der Waals surface area (Å²) in [6, 6.07) is 17.1. The second kappa shape index (κ2) is 12.3. The molecule has 1 heterocycles. The Bertz CT molecular complexity index is 1510. The molecule has 12 heteroatoms. The number of ether oxygens (including phenoxy) is 1. The first kappa shape index (κ1) is 28.8. The highest BCUT2D eigenvalue weighted by Gasteiger charge is 2.30. The number of nitrogens with one attached hydrogen (secondary N) is 1. The molecule has 1 saturated heterocycles. The van der Waals surface area contributed by atoms with Gasteiger partial charge in [-0.05, 0) is 61.5 Å². The molecule has 204 valence electrons. The van der Waals surface area contributed by atoms with Crippen molar-refractivity contribution in [2.75, 3.05) is 38.1 Å². The Hall–Kier alpha value is -3.25. The number of sulfonamides is 1. The van der Waals surface area contributed by atoms with Crippen molar-refractivity contribution < 1.29 is 27.5 Å². The smallest absolute Gasteiger partial charge is 0.409 e. The Morgan fingerprint density at radius 2 is 1.62 bits per heavy atom. The lowest BCUT2D eigenvalue weighted by atomic mass is 10.0. The zero-order valence-electron chi connectivity index (χ0n) is 20.9. The summed E-state index contributed by atoms with van der Waals surface area (Å²) in [5.74, 6) is -0.876. The van der Waals surface area contributed by atoms with Crippen molar-refractivity contribution >= 4 is 61.0 Å². The molecule has 2 amide bonds. The van der Waals surface area contributed by atoms with Gasteiger partial charge in [0.15, 0.2) is 5.78 Å². The number of carbonyl (C=O) groups excluding carboxylic acids is 3. The van der Waals surface area contributed by atoms with Crippen LogP contribution < -0.4 is 5.32 Å². The Morgan fingerprint density at radius 3 is 2.26 bits per heavy atom. The predicted octanol–water partition coefficient (Wildman–Crippen LogP) is 5.05. The third kappa shape index (κ3) is 6.50. The molecule has 1 aliphatic heterocycles. The topological polar surface area (TPSA) is 113 Å². The number of anilines is 1. The number of halogens is 2. The minimum absolute atomic E-state index is 0.0295. The molecule has 0 radical (unpaired) electrons. The van der Waals surface area contributed by atoms with Crippen LogP contribution in [-0.4, -0.2) is 68.2 Å². The zero-order chi connectivity index (χ0) is 28.2. The molecule has 1 aliphatic rings. The summed E-state index contributed by atoms with van der Waals surface area (Å²) in [5, 5.41) is 3.03. The zero-order valence-corrected chi connectivity index (χ0v) is 24.1. The quantitative estimate of drug-likeness (QED) is 0.364. The maximum atomic E-state index is 13.2. The van der Waals surface area contributed by atoms with Crippen molar-refractivity contribution in [1.82, 2.24) is 9.21 Å². The maximum absolute atomic E-state index is 13.2. The van der Waals surface area contributed by atoms with E-state index < -0.39 is 22.0 Å². The van der Waals surface area contributed by atoms with Gasteiger partial charge in [0, 0.05) is 47.3 Å². The SMILES string of the molecule is CCOC(=O)N1CCN(S(=O)(=O)c2ccc(C(=O)Nc3ccc(Br)cc3C(=O)c3ccccc3Cl)cc2)CC1. The van der Waals surface area contributed by atoms with Crippen LogP contribution in [0.15, 0.2) is 76.1 Å². The lowest BCUT2D eigenvalue weighted by Gasteiger charge is -2.33. The molecule has 39 heavy (non-hydrogen) atoms. The number of piperazine rings is 1. The molecular formula is C27H25BrClN3O6S. The Balaban J connectivity index is 1.48. The fourth-order valence-corrected chi connectivity index (χ4v) is 6.06. The molecule has 0 aliphatic carbocycles. The van der Waals surface area contributed by atoms with E-state index in [1.54, 1.807) is 49.4 Å². The van der Waals surface area contributed by atoms with Gasteiger partial charge in [0.1, 0.15) is 0 Å². The summed E-state index contributed by atoms with van der Waals surface area (Å²) in [7, 11) is -3.82. The molecule has 1 fully saturated rings. The lowest BCUT2D eigenvalue weighted by Crippen LogP contribution is -2.50. The Kier molecular flexibility index (Phi) is 9.06. The first-order valence-corrected chi connectivity index (χ1v) is 14.6. The number of amides is 2. The van der Waals surface area contributed by atoms with Gasteiger partial charge in [-0.15, -0.1) is 0 Å². The number of rotatable bonds is 7. The summed E-state index contributed by atoms with van der Waals surface area (Å²) in [5.41, 5.74) is 1.03. The van der Waals surface area contributed by atoms with Crippen molar-refractivity contribution in [2.45, 2.75) is 11.8 Å². The summed E-state index contributed by atoms with van der Waals surface area (Å²) in [6.45, 7) is 2.67. The number of nitrogens with zero attached hydrogens (tertiary/aromatic N) is 2. The molecule has 3 aromatic carbocycles. The molecule has 0 bridgehead atoms. The van der Waals surface area contributed by atoms with Gasteiger partial charge in [0.05, 0.1) is 22.2 Å². The van der Waals surface area contributed by atoms with E-state index in [2.05, 4.69) is 21.2 Å².